The molecule has 5 rings (SSSR count). The molecular weight excluding hydrogens is 400 g/mol. The highest BCUT2D eigenvalue weighted by Gasteiger charge is 2.41. The predicted molar refractivity (Wildman–Crippen MR) is 122 cm³/mol. The van der Waals surface area contributed by atoms with Crippen molar-refractivity contribution in [1.82, 2.24) is 9.80 Å². The fourth-order valence-electron chi connectivity index (χ4n) is 4.81. The maximum atomic E-state index is 14.0. The van der Waals surface area contributed by atoms with Gasteiger partial charge in [-0.25, -0.2) is 4.79 Å². The van der Waals surface area contributed by atoms with Crippen LogP contribution in [0.25, 0.3) is 0 Å². The highest BCUT2D eigenvalue weighted by atomic mass is 16.6. The molecule has 3 aromatic carbocycles. The summed E-state index contributed by atoms with van der Waals surface area (Å²) < 4.78 is 5.64. The lowest BCUT2D eigenvalue weighted by atomic mass is 9.89. The summed E-state index contributed by atoms with van der Waals surface area (Å²) in [5.41, 5.74) is 4.45. The fourth-order valence-corrected chi connectivity index (χ4v) is 4.81. The summed E-state index contributed by atoms with van der Waals surface area (Å²) in [4.78, 5) is 30.7. The Balaban J connectivity index is 1.48. The molecule has 5 heteroatoms. The second-order valence-corrected chi connectivity index (χ2v) is 8.51. The molecule has 0 aliphatic carbocycles. The van der Waals surface area contributed by atoms with Gasteiger partial charge in [0.05, 0.1) is 0 Å². The zero-order valence-corrected chi connectivity index (χ0v) is 18.1. The Morgan fingerprint density at radius 2 is 1.47 bits per heavy atom. The van der Waals surface area contributed by atoms with Crippen molar-refractivity contribution in [2.45, 2.75) is 38.4 Å². The lowest BCUT2D eigenvalue weighted by molar-refractivity contribution is -0.140. The number of amides is 2. The number of fused-ring (bicyclic) bond motifs is 2. The van der Waals surface area contributed by atoms with E-state index in [1.54, 1.807) is 17.0 Å². The van der Waals surface area contributed by atoms with Crippen LogP contribution in [-0.2, 0) is 24.2 Å². The van der Waals surface area contributed by atoms with Gasteiger partial charge in [0, 0.05) is 19.1 Å². The van der Waals surface area contributed by atoms with Crippen LogP contribution in [0.5, 0.6) is 5.75 Å². The first kappa shape index (κ1) is 20.3. The van der Waals surface area contributed by atoms with Crippen molar-refractivity contribution in [2.24, 2.45) is 0 Å². The minimum Gasteiger partial charge on any atom is -0.410 e. The van der Waals surface area contributed by atoms with Crippen molar-refractivity contribution in [2.75, 3.05) is 6.54 Å². The molecule has 2 heterocycles. The van der Waals surface area contributed by atoms with Crippen LogP contribution in [0.2, 0.25) is 0 Å². The van der Waals surface area contributed by atoms with Gasteiger partial charge in [0.2, 0.25) is 0 Å². The SMILES string of the molecule is C[C@@H]1Cc2ccccc2CN1C(=O)C1c2ccccc2CCN1C(=O)Oc1ccccc1. The minimum atomic E-state index is -0.691. The van der Waals surface area contributed by atoms with Crippen molar-refractivity contribution in [3.8, 4) is 5.75 Å². The van der Waals surface area contributed by atoms with Crippen molar-refractivity contribution in [1.29, 1.82) is 0 Å². The molecule has 0 saturated heterocycles. The van der Waals surface area contributed by atoms with Crippen molar-refractivity contribution < 1.29 is 14.3 Å². The topological polar surface area (TPSA) is 49.9 Å². The van der Waals surface area contributed by atoms with E-state index in [0.29, 0.717) is 25.3 Å². The Bertz CT molecular complexity index is 1140. The number of rotatable bonds is 2. The Labute approximate surface area is 188 Å². The zero-order chi connectivity index (χ0) is 22.1. The second kappa shape index (κ2) is 8.50. The summed E-state index contributed by atoms with van der Waals surface area (Å²) in [6, 6.07) is 24.6. The van der Waals surface area contributed by atoms with Gasteiger partial charge in [-0.05, 0) is 54.2 Å². The molecule has 32 heavy (non-hydrogen) atoms. The van der Waals surface area contributed by atoms with Crippen LogP contribution < -0.4 is 4.74 Å². The number of benzene rings is 3. The molecule has 0 saturated carbocycles. The van der Waals surface area contributed by atoms with Crippen molar-refractivity contribution >= 4 is 12.0 Å². The first-order valence-corrected chi connectivity index (χ1v) is 11.1. The van der Waals surface area contributed by atoms with Gasteiger partial charge in [-0.2, -0.15) is 0 Å². The standard InChI is InChI=1S/C27H26N2O3/c1-19-17-21-10-5-6-11-22(21)18-29(19)26(30)25-24-14-8-7-9-20(24)15-16-28(25)27(31)32-23-12-3-2-4-13-23/h2-14,19,25H,15-18H2,1H3/t19-,25?/m1/s1. The fraction of sp³-hybridized carbons (Fsp3) is 0.259. The number of nitrogens with zero attached hydrogens (tertiary/aromatic N) is 2. The van der Waals surface area contributed by atoms with E-state index in [4.69, 9.17) is 4.74 Å². The highest BCUT2D eigenvalue weighted by molar-refractivity contribution is 5.88. The molecule has 1 unspecified atom stereocenters. The smallest absolute Gasteiger partial charge is 0.410 e. The first-order chi connectivity index (χ1) is 15.6. The highest BCUT2D eigenvalue weighted by Crippen LogP contribution is 2.34. The van der Waals surface area contributed by atoms with Crippen LogP contribution >= 0.6 is 0 Å². The molecule has 0 bridgehead atoms. The Morgan fingerprint density at radius 3 is 2.25 bits per heavy atom. The number of hydrogen-bond donors (Lipinski definition) is 0. The van der Waals surface area contributed by atoms with Gasteiger partial charge in [-0.3, -0.25) is 9.69 Å². The van der Waals surface area contributed by atoms with Crippen LogP contribution in [0.3, 0.4) is 0 Å². The van der Waals surface area contributed by atoms with Crippen LogP contribution in [-0.4, -0.2) is 34.4 Å². The molecular formula is C27H26N2O3. The summed E-state index contributed by atoms with van der Waals surface area (Å²) in [6.07, 6.45) is 1.02. The van der Waals surface area contributed by atoms with Crippen LogP contribution in [0.15, 0.2) is 78.9 Å². The maximum absolute atomic E-state index is 14.0. The van der Waals surface area contributed by atoms with Gasteiger partial charge in [-0.15, -0.1) is 0 Å². The molecule has 2 aliphatic rings. The van der Waals surface area contributed by atoms with Crippen molar-refractivity contribution in [3.05, 3.63) is 101 Å². The Kier molecular flexibility index (Phi) is 5.39. The average Bonchev–Trinajstić information content (AvgIpc) is 2.83. The van der Waals surface area contributed by atoms with Gasteiger partial charge in [-0.1, -0.05) is 66.7 Å². The predicted octanol–water partition coefficient (Wildman–Crippen LogP) is 4.76. The number of hydrogen-bond acceptors (Lipinski definition) is 3. The molecule has 0 N–H and O–H groups in total. The molecule has 2 aliphatic heterocycles. The zero-order valence-electron chi connectivity index (χ0n) is 18.1. The summed E-state index contributed by atoms with van der Waals surface area (Å²) >= 11 is 0. The average molecular weight is 427 g/mol. The third-order valence-corrected chi connectivity index (χ3v) is 6.49. The monoisotopic (exact) mass is 426 g/mol. The number of carbonyl (C=O) groups is 2. The van der Waals surface area contributed by atoms with E-state index in [0.717, 1.165) is 17.5 Å². The molecule has 0 spiro atoms. The molecule has 0 radical (unpaired) electrons. The third kappa shape index (κ3) is 3.75. The van der Waals surface area contributed by atoms with Gasteiger partial charge in [0.1, 0.15) is 11.8 Å². The summed E-state index contributed by atoms with van der Waals surface area (Å²) in [5, 5.41) is 0. The lowest BCUT2D eigenvalue weighted by Gasteiger charge is -2.42. The lowest BCUT2D eigenvalue weighted by Crippen LogP contribution is -2.52. The minimum absolute atomic E-state index is 0.0517. The van der Waals surface area contributed by atoms with E-state index >= 15 is 0 Å². The van der Waals surface area contributed by atoms with E-state index in [1.165, 1.54) is 11.1 Å². The van der Waals surface area contributed by atoms with Crippen LogP contribution in [0, 0.1) is 0 Å². The first-order valence-electron chi connectivity index (χ1n) is 11.1. The molecule has 2 amide bonds. The van der Waals surface area contributed by atoms with E-state index in [1.807, 2.05) is 59.5 Å². The molecule has 5 nitrogen and oxygen atoms in total. The largest absolute Gasteiger partial charge is 0.416 e. The summed E-state index contributed by atoms with van der Waals surface area (Å²) in [7, 11) is 0. The third-order valence-electron chi connectivity index (χ3n) is 6.49. The quantitative estimate of drug-likeness (QED) is 0.594. The Morgan fingerprint density at radius 1 is 0.812 bits per heavy atom. The van der Waals surface area contributed by atoms with Crippen LogP contribution in [0.1, 0.15) is 35.2 Å². The van der Waals surface area contributed by atoms with E-state index in [-0.39, 0.29) is 11.9 Å². The summed E-state index contributed by atoms with van der Waals surface area (Å²) in [6.45, 7) is 3.07. The number of para-hydroxylation sites is 1. The van der Waals surface area contributed by atoms with Crippen LogP contribution in [0.4, 0.5) is 4.79 Å². The molecule has 0 aromatic heterocycles. The molecule has 2 atom stereocenters. The van der Waals surface area contributed by atoms with Gasteiger partial charge >= 0.3 is 6.09 Å². The van der Waals surface area contributed by atoms with E-state index < -0.39 is 12.1 Å². The molecule has 3 aromatic rings. The molecule has 162 valence electrons. The normalized spacial score (nSPS) is 19.7. The van der Waals surface area contributed by atoms with E-state index in [9.17, 15) is 9.59 Å². The van der Waals surface area contributed by atoms with Gasteiger partial charge < -0.3 is 9.64 Å². The van der Waals surface area contributed by atoms with Gasteiger partial charge in [0.15, 0.2) is 0 Å². The summed E-state index contributed by atoms with van der Waals surface area (Å²) in [5.74, 6) is 0.423. The van der Waals surface area contributed by atoms with Crippen molar-refractivity contribution in [3.63, 3.8) is 0 Å². The Hall–Kier alpha value is -3.60. The maximum Gasteiger partial charge on any atom is 0.416 e. The second-order valence-electron chi connectivity index (χ2n) is 8.51. The van der Waals surface area contributed by atoms with E-state index in [2.05, 4.69) is 19.1 Å². The van der Waals surface area contributed by atoms with Gasteiger partial charge in [0.25, 0.3) is 5.91 Å². The number of ether oxygens (including phenoxy) is 1. The number of carbonyl (C=O) groups excluding carboxylic acids is 2. The molecule has 0 fully saturated rings.